The van der Waals surface area contributed by atoms with Gasteiger partial charge in [-0.2, -0.15) is 0 Å². The summed E-state index contributed by atoms with van der Waals surface area (Å²) in [5.41, 5.74) is 5.61. The average Bonchev–Trinajstić information content (AvgIpc) is 3.32. The smallest absolute Gasteiger partial charge is 0.278 e. The number of nitrogens with two attached hydrogens (primary N) is 1. The molecular formula is C17H21N5O4S2. The van der Waals surface area contributed by atoms with Gasteiger partial charge in [-0.05, 0) is 13.3 Å². The first-order valence-electron chi connectivity index (χ1n) is 8.80. The van der Waals surface area contributed by atoms with E-state index in [9.17, 15) is 4.79 Å². The number of hydrogen-bond donors (Lipinski definition) is 2. The van der Waals surface area contributed by atoms with Gasteiger partial charge in [0.1, 0.15) is 29.2 Å². The van der Waals surface area contributed by atoms with E-state index in [0.29, 0.717) is 23.5 Å². The van der Waals surface area contributed by atoms with Gasteiger partial charge in [-0.25, -0.2) is 15.0 Å². The lowest BCUT2D eigenvalue weighted by Gasteiger charge is -2.44. The highest BCUT2D eigenvalue weighted by molar-refractivity contribution is 8.13. The van der Waals surface area contributed by atoms with Gasteiger partial charge in [-0.1, -0.05) is 11.8 Å². The van der Waals surface area contributed by atoms with Crippen LogP contribution in [0.3, 0.4) is 0 Å². The van der Waals surface area contributed by atoms with Gasteiger partial charge >= 0.3 is 0 Å². The number of oxazole rings is 1. The predicted octanol–water partition coefficient (Wildman–Crippen LogP) is 2.21. The van der Waals surface area contributed by atoms with E-state index in [-0.39, 0.29) is 24.3 Å². The van der Waals surface area contributed by atoms with E-state index in [1.54, 1.807) is 17.1 Å². The van der Waals surface area contributed by atoms with Crippen LogP contribution in [0.5, 0.6) is 0 Å². The number of fused-ring (bicyclic) bond motifs is 1. The Balaban J connectivity index is 1.54. The van der Waals surface area contributed by atoms with Crippen LogP contribution < -0.4 is 11.1 Å². The van der Waals surface area contributed by atoms with Crippen molar-refractivity contribution in [2.75, 3.05) is 24.8 Å². The Hall–Kier alpha value is -1.95. The van der Waals surface area contributed by atoms with E-state index in [1.807, 2.05) is 0 Å². The highest BCUT2D eigenvalue weighted by atomic mass is 32.2. The van der Waals surface area contributed by atoms with Crippen molar-refractivity contribution < 1.29 is 18.7 Å². The van der Waals surface area contributed by atoms with Crippen molar-refractivity contribution >= 4 is 40.0 Å². The molecule has 1 unspecified atom stereocenters. The van der Waals surface area contributed by atoms with Crippen LogP contribution in [0.25, 0.3) is 0 Å². The second-order valence-electron chi connectivity index (χ2n) is 6.79. The van der Waals surface area contributed by atoms with Gasteiger partial charge in [-0.3, -0.25) is 4.79 Å². The first kappa shape index (κ1) is 19.4. The molecule has 1 fully saturated rings. The maximum absolute atomic E-state index is 12.4. The van der Waals surface area contributed by atoms with Gasteiger partial charge in [-0.15, -0.1) is 11.3 Å². The normalized spacial score (nSPS) is 27.1. The van der Waals surface area contributed by atoms with Crippen LogP contribution >= 0.6 is 23.1 Å². The van der Waals surface area contributed by atoms with Crippen molar-refractivity contribution in [1.82, 2.24) is 9.97 Å². The minimum absolute atomic E-state index is 0.170. The van der Waals surface area contributed by atoms with Crippen LogP contribution in [0.1, 0.15) is 34.7 Å². The molecule has 0 spiro atoms. The van der Waals surface area contributed by atoms with E-state index in [4.69, 9.17) is 24.6 Å². The Morgan fingerprint density at radius 3 is 3.18 bits per heavy atom. The van der Waals surface area contributed by atoms with Crippen molar-refractivity contribution in [3.63, 3.8) is 0 Å². The largest absolute Gasteiger partial charge is 0.446 e. The molecule has 4 heterocycles. The molecule has 0 radical (unpaired) electrons. The fourth-order valence-corrected chi connectivity index (χ4v) is 5.37. The number of carbonyl (C=O) groups is 1. The third-order valence-corrected chi connectivity index (χ3v) is 6.76. The zero-order valence-corrected chi connectivity index (χ0v) is 17.1. The minimum Gasteiger partial charge on any atom is -0.446 e. The van der Waals surface area contributed by atoms with Crippen molar-refractivity contribution in [3.05, 3.63) is 28.2 Å². The number of amides is 1. The Morgan fingerprint density at radius 2 is 2.36 bits per heavy atom. The molecule has 28 heavy (non-hydrogen) atoms. The molecule has 2 aliphatic rings. The third-order valence-electron chi connectivity index (χ3n) is 4.79. The molecular weight excluding hydrogens is 402 g/mol. The first-order chi connectivity index (χ1) is 13.5. The molecule has 3 N–H and O–H groups in total. The van der Waals surface area contributed by atoms with E-state index in [1.165, 1.54) is 24.7 Å². The van der Waals surface area contributed by atoms with E-state index < -0.39 is 11.4 Å². The third kappa shape index (κ3) is 3.66. The molecule has 1 saturated heterocycles. The summed E-state index contributed by atoms with van der Waals surface area (Å²) in [6.07, 6.45) is 2.37. The first-order valence-corrected chi connectivity index (χ1v) is 10.7. The SMILES string of the molecule is COCc1nc(C(=O)Nc2csc(C34CO[C@@H](C)C[C@H]3CSC(N)=N4)n2)co1. The number of rotatable bonds is 5. The molecule has 0 bridgehead atoms. The van der Waals surface area contributed by atoms with Crippen molar-refractivity contribution in [3.8, 4) is 0 Å². The number of ether oxygens (including phenoxy) is 2. The summed E-state index contributed by atoms with van der Waals surface area (Å²) in [5.74, 6) is 1.56. The maximum Gasteiger partial charge on any atom is 0.278 e. The van der Waals surface area contributed by atoms with E-state index in [0.717, 1.165) is 17.2 Å². The van der Waals surface area contributed by atoms with Crippen LogP contribution in [0, 0.1) is 5.92 Å². The molecule has 0 aliphatic carbocycles. The number of anilines is 1. The lowest BCUT2D eigenvalue weighted by atomic mass is 9.80. The van der Waals surface area contributed by atoms with Gasteiger partial charge < -0.3 is 24.9 Å². The highest BCUT2D eigenvalue weighted by Gasteiger charge is 2.49. The number of carbonyl (C=O) groups excluding carboxylic acids is 1. The van der Waals surface area contributed by atoms with Gasteiger partial charge in [0.2, 0.25) is 5.89 Å². The monoisotopic (exact) mass is 423 g/mol. The molecule has 2 aromatic rings. The van der Waals surface area contributed by atoms with Gasteiger partial charge in [0.05, 0.1) is 12.7 Å². The molecule has 2 aromatic heterocycles. The second-order valence-corrected chi connectivity index (χ2v) is 8.69. The second kappa shape index (κ2) is 7.82. The number of aromatic nitrogens is 2. The molecule has 2 aliphatic heterocycles. The average molecular weight is 424 g/mol. The van der Waals surface area contributed by atoms with E-state index in [2.05, 4.69) is 22.2 Å². The predicted molar refractivity (Wildman–Crippen MR) is 107 cm³/mol. The molecule has 4 rings (SSSR count). The summed E-state index contributed by atoms with van der Waals surface area (Å²) in [5, 5.41) is 5.89. The Morgan fingerprint density at radius 1 is 1.50 bits per heavy atom. The summed E-state index contributed by atoms with van der Waals surface area (Å²) < 4.78 is 16.0. The topological polar surface area (TPSA) is 125 Å². The number of amidine groups is 1. The van der Waals surface area contributed by atoms with Gasteiger partial charge in [0.25, 0.3) is 5.91 Å². The van der Waals surface area contributed by atoms with Crippen LogP contribution in [-0.4, -0.2) is 46.6 Å². The molecule has 1 amide bonds. The molecule has 150 valence electrons. The number of thiazole rings is 1. The molecule has 9 nitrogen and oxygen atoms in total. The number of aliphatic imine (C=N–C) groups is 1. The Labute approximate surface area is 170 Å². The molecule has 0 aromatic carbocycles. The quantitative estimate of drug-likeness (QED) is 0.750. The summed E-state index contributed by atoms with van der Waals surface area (Å²) in [4.78, 5) is 25.9. The van der Waals surface area contributed by atoms with E-state index >= 15 is 0 Å². The lowest BCUT2D eigenvalue weighted by molar-refractivity contribution is -0.0466. The van der Waals surface area contributed by atoms with Crippen LogP contribution in [-0.2, 0) is 21.6 Å². The minimum atomic E-state index is -0.588. The number of thioether (sulfide) groups is 1. The number of nitrogens with one attached hydrogen (secondary N) is 1. The van der Waals surface area contributed by atoms with Crippen molar-refractivity contribution in [2.45, 2.75) is 31.6 Å². The van der Waals surface area contributed by atoms with Crippen LogP contribution in [0.15, 0.2) is 21.1 Å². The Kier molecular flexibility index (Phi) is 5.41. The standard InChI is InChI=1S/C17H21N5O4S2/c1-9-3-10-6-28-16(18)22-17(10,8-26-9)15-21-12(7-27-15)20-14(23)11-4-25-13(19-11)5-24-2/h4,7,9-10H,3,5-6,8H2,1-2H3,(H2,18,22)(H,20,23)/t9-,10-,17?/m0/s1. The lowest BCUT2D eigenvalue weighted by Crippen LogP contribution is -2.49. The van der Waals surface area contributed by atoms with Crippen LogP contribution in [0.2, 0.25) is 0 Å². The zero-order chi connectivity index (χ0) is 19.7. The van der Waals surface area contributed by atoms with Gasteiger partial charge in [0.15, 0.2) is 10.9 Å². The number of hydrogen-bond acceptors (Lipinski definition) is 10. The number of methoxy groups -OCH3 is 1. The van der Waals surface area contributed by atoms with Crippen molar-refractivity contribution in [2.24, 2.45) is 16.6 Å². The van der Waals surface area contributed by atoms with Crippen LogP contribution in [0.4, 0.5) is 5.82 Å². The Bertz CT molecular complexity index is 898. The fraction of sp³-hybridized carbons (Fsp3) is 0.529. The van der Waals surface area contributed by atoms with Crippen molar-refractivity contribution in [1.29, 1.82) is 0 Å². The summed E-state index contributed by atoms with van der Waals surface area (Å²) in [6.45, 7) is 2.71. The highest BCUT2D eigenvalue weighted by Crippen LogP contribution is 2.46. The zero-order valence-electron chi connectivity index (χ0n) is 15.5. The summed E-state index contributed by atoms with van der Waals surface area (Å²) >= 11 is 3.02. The maximum atomic E-state index is 12.4. The molecule has 11 heteroatoms. The molecule has 0 saturated carbocycles. The molecule has 3 atom stereocenters. The summed E-state index contributed by atoms with van der Waals surface area (Å²) in [6, 6.07) is 0. The number of nitrogens with zero attached hydrogens (tertiary/aromatic N) is 3. The summed E-state index contributed by atoms with van der Waals surface area (Å²) in [7, 11) is 1.53. The van der Waals surface area contributed by atoms with Gasteiger partial charge in [0, 0.05) is 24.2 Å². The fourth-order valence-electron chi connectivity index (χ4n) is 3.39.